The highest BCUT2D eigenvalue weighted by Gasteiger charge is 2.28. The Balaban J connectivity index is 2.04. The molecule has 8 heteroatoms. The van der Waals surface area contributed by atoms with Crippen LogP contribution in [0.2, 0.25) is 0 Å². The Labute approximate surface area is 240 Å². The molecule has 0 aliphatic rings. The Hall–Kier alpha value is -3.10. The molecule has 8 nitrogen and oxygen atoms in total. The van der Waals surface area contributed by atoms with Crippen LogP contribution in [0.5, 0.6) is 11.5 Å². The van der Waals surface area contributed by atoms with E-state index in [2.05, 4.69) is 21.7 Å². The summed E-state index contributed by atoms with van der Waals surface area (Å²) < 4.78 is 0. The lowest BCUT2D eigenvalue weighted by atomic mass is 9.78. The third kappa shape index (κ3) is 8.45. The van der Waals surface area contributed by atoms with Crippen LogP contribution >= 0.6 is 0 Å². The zero-order valence-electron chi connectivity index (χ0n) is 26.4. The molecule has 0 aromatic heterocycles. The lowest BCUT2D eigenvalue weighted by Crippen LogP contribution is -2.49. The van der Waals surface area contributed by atoms with Gasteiger partial charge in [-0.3, -0.25) is 20.4 Å². The molecular weight excluding hydrogens is 504 g/mol. The first-order valence-electron chi connectivity index (χ1n) is 13.8. The first-order valence-corrected chi connectivity index (χ1v) is 13.8. The van der Waals surface area contributed by atoms with Crippen molar-refractivity contribution >= 4 is 11.8 Å². The van der Waals surface area contributed by atoms with Gasteiger partial charge < -0.3 is 10.2 Å². The molecule has 40 heavy (non-hydrogen) atoms. The van der Waals surface area contributed by atoms with Gasteiger partial charge in [-0.25, -0.2) is 10.9 Å². The molecule has 0 unspecified atom stereocenters. The zero-order chi connectivity index (χ0) is 30.8. The minimum absolute atomic E-state index is 0.270. The van der Waals surface area contributed by atoms with Crippen molar-refractivity contribution in [2.24, 2.45) is 0 Å². The van der Waals surface area contributed by atoms with Gasteiger partial charge in [0.1, 0.15) is 11.5 Å². The van der Waals surface area contributed by atoms with Gasteiger partial charge in [0, 0.05) is 13.1 Å². The van der Waals surface area contributed by atoms with Crippen LogP contribution < -0.4 is 21.7 Å². The summed E-state index contributed by atoms with van der Waals surface area (Å²) in [7, 11) is 0. The summed E-state index contributed by atoms with van der Waals surface area (Å²) in [5.74, 6) is -1.10. The third-order valence-corrected chi connectivity index (χ3v) is 6.77. The lowest BCUT2D eigenvalue weighted by Gasteiger charge is -2.28. The average Bonchev–Trinajstić information content (AvgIpc) is 2.77. The van der Waals surface area contributed by atoms with Gasteiger partial charge in [-0.1, -0.05) is 107 Å². The molecule has 6 N–H and O–H groups in total. The highest BCUT2D eigenvalue weighted by atomic mass is 16.3. The maximum Gasteiger partial charge on any atom is 0.324 e. The number of amides is 2. The number of rotatable bonds is 6. The molecule has 0 fully saturated rings. The Morgan fingerprint density at radius 2 is 0.750 bits per heavy atom. The predicted octanol–water partition coefficient (Wildman–Crippen LogP) is 5.23. The Morgan fingerprint density at radius 3 is 0.950 bits per heavy atom. The van der Waals surface area contributed by atoms with E-state index in [1.165, 1.54) is 0 Å². The minimum Gasteiger partial charge on any atom is -0.507 e. The SMILES string of the molecule is CC(C)(C)c1cc(CNNC(=O)C(=O)NNCc2cc(C(C)(C)C)c(O)c(C(C)(C)C)c2)cc(C(C)(C)C)c1O. The molecule has 0 saturated heterocycles. The summed E-state index contributed by atoms with van der Waals surface area (Å²) in [6.45, 7) is 25.0. The second kappa shape index (κ2) is 11.8. The summed E-state index contributed by atoms with van der Waals surface area (Å²) >= 11 is 0. The first-order chi connectivity index (χ1) is 18.0. The van der Waals surface area contributed by atoms with Crippen LogP contribution in [0.4, 0.5) is 0 Å². The van der Waals surface area contributed by atoms with Gasteiger partial charge in [0.25, 0.3) is 0 Å². The number of carbonyl (C=O) groups is 2. The monoisotopic (exact) mass is 554 g/mol. The van der Waals surface area contributed by atoms with Crippen LogP contribution in [-0.4, -0.2) is 22.0 Å². The van der Waals surface area contributed by atoms with E-state index in [4.69, 9.17) is 0 Å². The van der Waals surface area contributed by atoms with E-state index in [1.807, 2.05) is 107 Å². The number of nitrogens with one attached hydrogen (secondary N) is 4. The minimum atomic E-state index is -0.838. The van der Waals surface area contributed by atoms with Gasteiger partial charge in [-0.15, -0.1) is 0 Å². The van der Waals surface area contributed by atoms with Gasteiger partial charge in [-0.05, 0) is 55.0 Å². The number of hydrazine groups is 2. The number of phenolic OH excluding ortho intramolecular Hbond substituents is 2. The van der Waals surface area contributed by atoms with Crippen molar-refractivity contribution < 1.29 is 19.8 Å². The topological polar surface area (TPSA) is 123 Å². The molecule has 2 aromatic carbocycles. The Morgan fingerprint density at radius 1 is 0.525 bits per heavy atom. The van der Waals surface area contributed by atoms with Gasteiger partial charge in [0.2, 0.25) is 0 Å². The molecular formula is C32H50N4O4. The summed E-state index contributed by atoms with van der Waals surface area (Å²) in [6.07, 6.45) is 0. The fourth-order valence-electron chi connectivity index (χ4n) is 4.45. The summed E-state index contributed by atoms with van der Waals surface area (Å²) in [4.78, 5) is 24.8. The molecule has 0 radical (unpaired) electrons. The molecule has 0 saturated carbocycles. The molecule has 0 bridgehead atoms. The van der Waals surface area contributed by atoms with Gasteiger partial charge >= 0.3 is 11.8 Å². The largest absolute Gasteiger partial charge is 0.507 e. The van der Waals surface area contributed by atoms with Crippen molar-refractivity contribution in [2.45, 2.75) is 118 Å². The van der Waals surface area contributed by atoms with Gasteiger partial charge in [-0.2, -0.15) is 0 Å². The third-order valence-electron chi connectivity index (χ3n) is 6.77. The summed E-state index contributed by atoms with van der Waals surface area (Å²) in [6, 6.07) is 7.67. The molecule has 0 aliphatic carbocycles. The average molecular weight is 555 g/mol. The van der Waals surface area contributed by atoms with Crippen molar-refractivity contribution in [3.63, 3.8) is 0 Å². The second-order valence-corrected chi connectivity index (χ2v) is 14.7. The van der Waals surface area contributed by atoms with E-state index in [0.29, 0.717) is 0 Å². The molecule has 2 aromatic rings. The normalized spacial score (nSPS) is 12.8. The van der Waals surface area contributed by atoms with Crippen LogP contribution in [0.15, 0.2) is 24.3 Å². The van der Waals surface area contributed by atoms with Crippen molar-refractivity contribution in [3.05, 3.63) is 57.6 Å². The van der Waals surface area contributed by atoms with Crippen LogP contribution in [0.25, 0.3) is 0 Å². The summed E-state index contributed by atoms with van der Waals surface area (Å²) in [5, 5.41) is 21.8. The Bertz CT molecular complexity index is 1070. The number of carbonyl (C=O) groups excluding carboxylic acids is 2. The maximum absolute atomic E-state index is 12.4. The van der Waals surface area contributed by atoms with Gasteiger partial charge in [0.05, 0.1) is 0 Å². The molecule has 2 amide bonds. The lowest BCUT2D eigenvalue weighted by molar-refractivity contribution is -0.140. The molecule has 222 valence electrons. The zero-order valence-corrected chi connectivity index (χ0v) is 26.4. The number of benzene rings is 2. The molecule has 0 aliphatic heterocycles. The molecule has 0 heterocycles. The van der Waals surface area contributed by atoms with Crippen LogP contribution in [-0.2, 0) is 44.3 Å². The number of aromatic hydroxyl groups is 2. The van der Waals surface area contributed by atoms with Crippen molar-refractivity contribution in [3.8, 4) is 11.5 Å². The van der Waals surface area contributed by atoms with E-state index in [-0.39, 0.29) is 46.2 Å². The van der Waals surface area contributed by atoms with Crippen molar-refractivity contribution in [2.75, 3.05) is 0 Å². The molecule has 0 atom stereocenters. The van der Waals surface area contributed by atoms with E-state index in [1.54, 1.807) is 0 Å². The smallest absolute Gasteiger partial charge is 0.324 e. The summed E-state index contributed by atoms with van der Waals surface area (Å²) in [5.41, 5.74) is 14.5. The van der Waals surface area contributed by atoms with E-state index < -0.39 is 11.8 Å². The Kier molecular flexibility index (Phi) is 9.76. The maximum atomic E-state index is 12.4. The molecule has 2 rings (SSSR count). The highest BCUT2D eigenvalue weighted by molar-refractivity contribution is 6.34. The predicted molar refractivity (Wildman–Crippen MR) is 161 cm³/mol. The van der Waals surface area contributed by atoms with E-state index >= 15 is 0 Å². The standard InChI is InChI=1S/C32H50N4O4/c1-29(2,3)21-13-19(14-22(25(21)37)30(4,5)6)17-33-35-27(39)28(40)36-34-18-20-15-23(31(7,8)9)26(38)24(16-20)32(10,11)12/h13-16,33-34,37-38H,17-18H2,1-12H3,(H,35,39)(H,36,40). The first kappa shape index (κ1) is 33.1. The number of hydrogen-bond donors (Lipinski definition) is 6. The number of hydrogen-bond acceptors (Lipinski definition) is 6. The van der Waals surface area contributed by atoms with Crippen LogP contribution in [0.3, 0.4) is 0 Å². The van der Waals surface area contributed by atoms with Crippen molar-refractivity contribution in [1.82, 2.24) is 21.7 Å². The quantitative estimate of drug-likeness (QED) is 0.215. The molecule has 0 spiro atoms. The van der Waals surface area contributed by atoms with Crippen molar-refractivity contribution in [1.29, 1.82) is 0 Å². The van der Waals surface area contributed by atoms with E-state index in [0.717, 1.165) is 33.4 Å². The van der Waals surface area contributed by atoms with Crippen LogP contribution in [0, 0.1) is 0 Å². The fraction of sp³-hybridized carbons (Fsp3) is 0.562. The van der Waals surface area contributed by atoms with Gasteiger partial charge in [0.15, 0.2) is 0 Å². The van der Waals surface area contributed by atoms with Crippen LogP contribution in [0.1, 0.15) is 116 Å². The van der Waals surface area contributed by atoms with E-state index in [9.17, 15) is 19.8 Å². The highest BCUT2D eigenvalue weighted by Crippen LogP contribution is 2.41. The fourth-order valence-corrected chi connectivity index (χ4v) is 4.45. The second-order valence-electron chi connectivity index (χ2n) is 14.7. The number of phenols is 2.